The van der Waals surface area contributed by atoms with Crippen LogP contribution in [0.1, 0.15) is 18.5 Å². The second-order valence-electron chi connectivity index (χ2n) is 4.19. The van der Waals surface area contributed by atoms with E-state index in [4.69, 9.17) is 0 Å². The van der Waals surface area contributed by atoms with Gasteiger partial charge in [0.15, 0.2) is 0 Å². The zero-order valence-corrected chi connectivity index (χ0v) is 13.4. The summed E-state index contributed by atoms with van der Waals surface area (Å²) in [6.45, 7) is 2.03. The van der Waals surface area contributed by atoms with Gasteiger partial charge < -0.3 is 5.32 Å². The highest BCUT2D eigenvalue weighted by atomic mass is 79.9. The van der Waals surface area contributed by atoms with Crippen LogP contribution in [0.5, 0.6) is 0 Å². The van der Waals surface area contributed by atoms with Gasteiger partial charge in [-0.3, -0.25) is 4.79 Å². The predicted octanol–water partition coefficient (Wildman–Crippen LogP) is 3.47. The van der Waals surface area contributed by atoms with Gasteiger partial charge in [-0.1, -0.05) is 34.1 Å². The maximum absolute atomic E-state index is 12.1. The third kappa shape index (κ3) is 3.68. The van der Waals surface area contributed by atoms with Crippen LogP contribution >= 0.6 is 39.5 Å². The molecule has 1 aromatic carbocycles. The molecule has 2 nitrogen and oxygen atoms in total. The average molecular weight is 346 g/mol. The van der Waals surface area contributed by atoms with Crippen LogP contribution in [-0.4, -0.2) is 28.4 Å². The highest BCUT2D eigenvalue weighted by molar-refractivity contribution is 9.10. The number of rotatable bonds is 3. The summed E-state index contributed by atoms with van der Waals surface area (Å²) in [7, 11) is 0. The summed E-state index contributed by atoms with van der Waals surface area (Å²) >= 11 is 7.16. The molecule has 2 unspecified atom stereocenters. The molecule has 1 aliphatic rings. The quantitative estimate of drug-likeness (QED) is 0.909. The fourth-order valence-corrected chi connectivity index (χ4v) is 5.04. The van der Waals surface area contributed by atoms with Crippen molar-refractivity contribution in [2.24, 2.45) is 0 Å². The number of hydrogen-bond acceptors (Lipinski definition) is 3. The van der Waals surface area contributed by atoms with E-state index in [0.29, 0.717) is 0 Å². The molecule has 1 saturated heterocycles. The topological polar surface area (TPSA) is 29.1 Å². The highest BCUT2D eigenvalue weighted by Crippen LogP contribution is 2.26. The van der Waals surface area contributed by atoms with Crippen LogP contribution in [-0.2, 0) is 4.79 Å². The average Bonchev–Trinajstić information content (AvgIpc) is 2.40. The lowest BCUT2D eigenvalue weighted by Crippen LogP contribution is -2.37. The van der Waals surface area contributed by atoms with Gasteiger partial charge in [-0.05, 0) is 18.6 Å². The summed E-state index contributed by atoms with van der Waals surface area (Å²) in [6, 6.07) is 8.06. The Balaban J connectivity index is 1.96. The van der Waals surface area contributed by atoms with Crippen molar-refractivity contribution in [1.29, 1.82) is 0 Å². The number of carbonyl (C=O) groups is 1. The Bertz CT molecular complexity index is 421. The molecule has 2 rings (SSSR count). The molecule has 1 aliphatic heterocycles. The Morgan fingerprint density at radius 3 is 2.89 bits per heavy atom. The van der Waals surface area contributed by atoms with Crippen LogP contribution in [0, 0.1) is 0 Å². The molecule has 5 heteroatoms. The van der Waals surface area contributed by atoms with Crippen molar-refractivity contribution in [3.8, 4) is 0 Å². The Kier molecular flexibility index (Phi) is 5.45. The van der Waals surface area contributed by atoms with Gasteiger partial charge in [-0.15, -0.1) is 11.8 Å². The van der Waals surface area contributed by atoms with Gasteiger partial charge in [0.1, 0.15) is 0 Å². The standard InChI is InChI=1S/C13H16BrNOS2/c1-9(10-4-2-3-5-11(10)14)15-13(16)12-8-17-6-7-18-12/h2-5,9,12H,6-8H2,1H3,(H,15,16). The summed E-state index contributed by atoms with van der Waals surface area (Å²) < 4.78 is 1.04. The van der Waals surface area contributed by atoms with Gasteiger partial charge in [0.2, 0.25) is 5.91 Å². The van der Waals surface area contributed by atoms with E-state index in [1.807, 2.05) is 43.0 Å². The molecule has 0 saturated carbocycles. The van der Waals surface area contributed by atoms with E-state index in [1.165, 1.54) is 0 Å². The Labute approximate surface area is 125 Å². The molecule has 1 heterocycles. The molecule has 1 aromatic rings. The SMILES string of the molecule is CC(NC(=O)C1CSCCS1)c1ccccc1Br. The smallest absolute Gasteiger partial charge is 0.234 e. The maximum atomic E-state index is 12.1. The van der Waals surface area contributed by atoms with E-state index < -0.39 is 0 Å². The van der Waals surface area contributed by atoms with Crippen LogP contribution in [0.25, 0.3) is 0 Å². The van der Waals surface area contributed by atoms with Crippen molar-refractivity contribution in [2.45, 2.75) is 18.2 Å². The third-order valence-corrected chi connectivity index (χ3v) is 6.32. The van der Waals surface area contributed by atoms with Gasteiger partial charge in [-0.2, -0.15) is 11.8 Å². The first-order valence-electron chi connectivity index (χ1n) is 5.92. The number of nitrogens with one attached hydrogen (secondary N) is 1. The van der Waals surface area contributed by atoms with Crippen molar-refractivity contribution >= 4 is 45.4 Å². The van der Waals surface area contributed by atoms with E-state index in [1.54, 1.807) is 11.8 Å². The molecule has 1 fully saturated rings. The number of hydrogen-bond donors (Lipinski definition) is 1. The normalized spacial score (nSPS) is 21.3. The second kappa shape index (κ2) is 6.87. The van der Waals surface area contributed by atoms with E-state index in [0.717, 1.165) is 27.3 Å². The molecular formula is C13H16BrNOS2. The molecule has 2 atom stereocenters. The molecule has 1 amide bonds. The molecule has 0 bridgehead atoms. The van der Waals surface area contributed by atoms with E-state index in [9.17, 15) is 4.79 Å². The minimum atomic E-state index is 0.0422. The molecule has 0 spiro atoms. The largest absolute Gasteiger partial charge is 0.349 e. The van der Waals surface area contributed by atoms with Crippen molar-refractivity contribution in [2.75, 3.05) is 17.3 Å². The molecule has 1 N–H and O–H groups in total. The first-order valence-corrected chi connectivity index (χ1v) is 8.92. The lowest BCUT2D eigenvalue weighted by Gasteiger charge is -2.23. The Morgan fingerprint density at radius 2 is 2.22 bits per heavy atom. The molecular weight excluding hydrogens is 330 g/mol. The van der Waals surface area contributed by atoms with Crippen LogP contribution in [0.4, 0.5) is 0 Å². The number of thioether (sulfide) groups is 2. The van der Waals surface area contributed by atoms with E-state index in [-0.39, 0.29) is 17.2 Å². The lowest BCUT2D eigenvalue weighted by atomic mass is 10.1. The van der Waals surface area contributed by atoms with Crippen LogP contribution in [0.2, 0.25) is 0 Å². The molecule has 0 aromatic heterocycles. The summed E-state index contributed by atoms with van der Waals surface area (Å²) in [5.74, 6) is 3.33. The van der Waals surface area contributed by atoms with Gasteiger partial charge >= 0.3 is 0 Å². The maximum Gasteiger partial charge on any atom is 0.234 e. The minimum absolute atomic E-state index is 0.0422. The van der Waals surface area contributed by atoms with Crippen molar-refractivity contribution in [3.05, 3.63) is 34.3 Å². The first-order chi connectivity index (χ1) is 8.68. The van der Waals surface area contributed by atoms with Crippen molar-refractivity contribution < 1.29 is 4.79 Å². The number of carbonyl (C=O) groups excluding carboxylic acids is 1. The third-order valence-electron chi connectivity index (χ3n) is 2.84. The van der Waals surface area contributed by atoms with Crippen molar-refractivity contribution in [1.82, 2.24) is 5.32 Å². The number of halogens is 1. The molecule has 98 valence electrons. The summed E-state index contributed by atoms with van der Waals surface area (Å²) in [4.78, 5) is 12.1. The predicted molar refractivity (Wildman–Crippen MR) is 84.3 cm³/mol. The van der Waals surface area contributed by atoms with Crippen LogP contribution in [0.3, 0.4) is 0 Å². The van der Waals surface area contributed by atoms with Crippen molar-refractivity contribution in [3.63, 3.8) is 0 Å². The minimum Gasteiger partial charge on any atom is -0.349 e. The van der Waals surface area contributed by atoms with Gasteiger partial charge in [0, 0.05) is 21.7 Å². The summed E-state index contributed by atoms with van der Waals surface area (Å²) in [5.41, 5.74) is 1.12. The van der Waals surface area contributed by atoms with Gasteiger partial charge in [-0.25, -0.2) is 0 Å². The summed E-state index contributed by atoms with van der Waals surface area (Å²) in [5, 5.41) is 3.21. The Hall–Kier alpha value is -0.130. The second-order valence-corrected chi connectivity index (χ2v) is 7.50. The zero-order chi connectivity index (χ0) is 13.0. The first kappa shape index (κ1) is 14.3. The van der Waals surface area contributed by atoms with Gasteiger partial charge in [0.25, 0.3) is 0 Å². The number of amides is 1. The zero-order valence-electron chi connectivity index (χ0n) is 10.2. The molecule has 0 radical (unpaired) electrons. The molecule has 0 aliphatic carbocycles. The summed E-state index contributed by atoms with van der Waals surface area (Å²) in [6.07, 6.45) is 0. The van der Waals surface area contributed by atoms with E-state index in [2.05, 4.69) is 21.2 Å². The number of benzene rings is 1. The van der Waals surface area contributed by atoms with Crippen LogP contribution < -0.4 is 5.32 Å². The monoisotopic (exact) mass is 345 g/mol. The fourth-order valence-electron chi connectivity index (χ4n) is 1.85. The lowest BCUT2D eigenvalue weighted by molar-refractivity contribution is -0.120. The van der Waals surface area contributed by atoms with Gasteiger partial charge in [0.05, 0.1) is 11.3 Å². The Morgan fingerprint density at radius 1 is 1.44 bits per heavy atom. The van der Waals surface area contributed by atoms with Crippen LogP contribution in [0.15, 0.2) is 28.7 Å². The highest BCUT2D eigenvalue weighted by Gasteiger charge is 2.23. The fraction of sp³-hybridized carbons (Fsp3) is 0.462. The molecule has 18 heavy (non-hydrogen) atoms. The van der Waals surface area contributed by atoms with E-state index >= 15 is 0 Å².